The van der Waals surface area contributed by atoms with Gasteiger partial charge in [0.05, 0.1) is 0 Å². The number of nitrogens with one attached hydrogen (secondary N) is 3. The Morgan fingerprint density at radius 1 is 1.33 bits per heavy atom. The Balaban J connectivity index is 0.00000288. The van der Waals surface area contributed by atoms with Crippen molar-refractivity contribution in [2.75, 3.05) is 26.4 Å². The number of H-pyrrole nitrogens is 1. The third-order valence-corrected chi connectivity index (χ3v) is 5.12. The summed E-state index contributed by atoms with van der Waals surface area (Å²) in [7, 11) is 1.77. The van der Waals surface area contributed by atoms with E-state index in [0.717, 1.165) is 41.9 Å². The van der Waals surface area contributed by atoms with Crippen molar-refractivity contribution in [3.63, 3.8) is 0 Å². The summed E-state index contributed by atoms with van der Waals surface area (Å²) >= 11 is 1.82. The molecule has 4 nitrogen and oxygen atoms in total. The van der Waals surface area contributed by atoms with Gasteiger partial charge in [0.25, 0.3) is 0 Å². The molecule has 0 aliphatic heterocycles. The van der Waals surface area contributed by atoms with Gasteiger partial charge in [-0.25, -0.2) is 4.39 Å². The molecule has 2 rings (SSSR count). The lowest BCUT2D eigenvalue weighted by Gasteiger charge is -2.23. The molecule has 0 aliphatic carbocycles. The van der Waals surface area contributed by atoms with Gasteiger partial charge in [-0.3, -0.25) is 4.99 Å². The van der Waals surface area contributed by atoms with Crippen LogP contribution < -0.4 is 10.6 Å². The number of hydrogen-bond donors (Lipinski definition) is 3. The van der Waals surface area contributed by atoms with Gasteiger partial charge < -0.3 is 15.6 Å². The van der Waals surface area contributed by atoms with Gasteiger partial charge in [0.2, 0.25) is 0 Å². The first-order valence-electron chi connectivity index (χ1n) is 7.70. The Labute approximate surface area is 164 Å². The number of hydrogen-bond acceptors (Lipinski definition) is 2. The highest BCUT2D eigenvalue weighted by Gasteiger charge is 2.16. The Bertz CT molecular complexity index is 684. The number of fused-ring (bicyclic) bond motifs is 1. The molecule has 0 bridgehead atoms. The number of guanidine groups is 1. The monoisotopic (exact) mass is 464 g/mol. The number of aliphatic imine (C=N–C) groups is 1. The van der Waals surface area contributed by atoms with Crippen LogP contribution in [0.15, 0.2) is 29.4 Å². The van der Waals surface area contributed by atoms with Gasteiger partial charge in [0.15, 0.2) is 5.96 Å². The molecule has 1 aromatic carbocycles. The highest BCUT2D eigenvalue weighted by atomic mass is 127. The molecule has 0 spiro atoms. The van der Waals surface area contributed by atoms with Crippen molar-refractivity contribution in [3.05, 3.63) is 35.8 Å². The zero-order chi connectivity index (χ0) is 16.9. The average Bonchev–Trinajstić information content (AvgIpc) is 2.93. The summed E-state index contributed by atoms with van der Waals surface area (Å²) in [6.07, 6.45) is 4.85. The van der Waals surface area contributed by atoms with E-state index in [4.69, 9.17) is 0 Å². The largest absolute Gasteiger partial charge is 0.361 e. The van der Waals surface area contributed by atoms with Crippen LogP contribution in [0.4, 0.5) is 4.39 Å². The highest BCUT2D eigenvalue weighted by Crippen LogP contribution is 2.20. The van der Waals surface area contributed by atoms with E-state index in [0.29, 0.717) is 0 Å². The van der Waals surface area contributed by atoms with Crippen molar-refractivity contribution in [1.82, 2.24) is 15.6 Å². The molecule has 24 heavy (non-hydrogen) atoms. The first-order chi connectivity index (χ1) is 10.9. The molecule has 0 amide bonds. The summed E-state index contributed by atoms with van der Waals surface area (Å²) in [5, 5.41) is 7.59. The summed E-state index contributed by atoms with van der Waals surface area (Å²) in [5.41, 5.74) is 2.07. The maximum Gasteiger partial charge on any atom is 0.191 e. The van der Waals surface area contributed by atoms with Crippen LogP contribution in [0.2, 0.25) is 0 Å². The fraction of sp³-hybridized carbons (Fsp3) is 0.471. The van der Waals surface area contributed by atoms with E-state index in [1.807, 2.05) is 18.0 Å². The molecule has 0 fully saturated rings. The molecular formula is C17H26FIN4S. The molecule has 0 atom stereocenters. The molecule has 1 heterocycles. The highest BCUT2D eigenvalue weighted by molar-refractivity contribution is 14.0. The van der Waals surface area contributed by atoms with Crippen LogP contribution in [0, 0.1) is 5.82 Å². The van der Waals surface area contributed by atoms with Gasteiger partial charge in [-0.05, 0) is 50.3 Å². The average molecular weight is 464 g/mol. The van der Waals surface area contributed by atoms with Gasteiger partial charge in [0.1, 0.15) is 5.82 Å². The van der Waals surface area contributed by atoms with Gasteiger partial charge >= 0.3 is 0 Å². The second-order valence-corrected chi connectivity index (χ2v) is 7.58. The molecule has 0 radical (unpaired) electrons. The fourth-order valence-electron chi connectivity index (χ4n) is 2.26. The molecule has 1 aromatic heterocycles. The topological polar surface area (TPSA) is 52.2 Å². The number of aromatic nitrogens is 1. The maximum atomic E-state index is 13.4. The van der Waals surface area contributed by atoms with E-state index in [1.165, 1.54) is 6.07 Å². The van der Waals surface area contributed by atoms with Crippen molar-refractivity contribution in [2.45, 2.75) is 25.0 Å². The van der Waals surface area contributed by atoms with Crippen LogP contribution >= 0.6 is 35.7 Å². The molecule has 134 valence electrons. The number of halogens is 2. The predicted molar refractivity (Wildman–Crippen MR) is 114 cm³/mol. The number of benzene rings is 1. The van der Waals surface area contributed by atoms with Gasteiger partial charge in [-0.15, -0.1) is 24.0 Å². The first-order valence-corrected chi connectivity index (χ1v) is 8.93. The molecule has 0 saturated heterocycles. The van der Waals surface area contributed by atoms with Gasteiger partial charge in [-0.2, -0.15) is 11.8 Å². The first kappa shape index (κ1) is 21.1. The molecule has 0 saturated carbocycles. The Hall–Kier alpha value is -0.960. The van der Waals surface area contributed by atoms with Crippen LogP contribution in [-0.2, 0) is 6.42 Å². The second kappa shape index (κ2) is 9.50. The Morgan fingerprint density at radius 2 is 2.08 bits per heavy atom. The van der Waals surface area contributed by atoms with E-state index in [9.17, 15) is 4.39 Å². The minimum absolute atomic E-state index is 0. The molecule has 2 aromatic rings. The number of nitrogens with zero attached hydrogens (tertiary/aromatic N) is 1. The lowest BCUT2D eigenvalue weighted by atomic mass is 10.1. The van der Waals surface area contributed by atoms with E-state index in [1.54, 1.807) is 19.2 Å². The number of thioether (sulfide) groups is 1. The summed E-state index contributed by atoms with van der Waals surface area (Å²) in [6, 6.07) is 4.82. The Kier molecular flexibility index (Phi) is 8.35. The van der Waals surface area contributed by atoms with E-state index < -0.39 is 0 Å². The third-order valence-electron chi connectivity index (χ3n) is 3.87. The maximum absolute atomic E-state index is 13.4. The molecule has 3 N–H and O–H groups in total. The summed E-state index contributed by atoms with van der Waals surface area (Å²) in [5.74, 6) is 0.584. The second-order valence-electron chi connectivity index (χ2n) is 6.07. The van der Waals surface area contributed by atoms with Crippen LogP contribution in [0.3, 0.4) is 0 Å². The van der Waals surface area contributed by atoms with E-state index >= 15 is 0 Å². The van der Waals surface area contributed by atoms with Gasteiger partial charge in [-0.1, -0.05) is 0 Å². The standard InChI is InChI=1S/C17H25FN4S.HI/c1-17(2,23-4)11-22-16(19-3)20-8-7-12-10-21-15-6-5-13(18)9-14(12)15;/h5-6,9-10,21H,7-8,11H2,1-4H3,(H2,19,20,22);1H. The zero-order valence-electron chi connectivity index (χ0n) is 14.6. The van der Waals surface area contributed by atoms with Gasteiger partial charge in [0, 0.05) is 42.0 Å². The van der Waals surface area contributed by atoms with Crippen LogP contribution in [0.25, 0.3) is 10.9 Å². The SMILES string of the molecule is CN=C(NCCc1c[nH]c2ccc(F)cc12)NCC(C)(C)SC.I. The minimum Gasteiger partial charge on any atom is -0.361 e. The van der Waals surface area contributed by atoms with Crippen molar-refractivity contribution >= 4 is 52.6 Å². The minimum atomic E-state index is -0.205. The third kappa shape index (κ3) is 5.84. The lowest BCUT2D eigenvalue weighted by molar-refractivity contribution is 0.629. The molecule has 0 unspecified atom stereocenters. The fourth-order valence-corrected chi connectivity index (χ4v) is 2.48. The normalized spacial score (nSPS) is 12.1. The van der Waals surface area contributed by atoms with Crippen molar-refractivity contribution in [1.29, 1.82) is 0 Å². The van der Waals surface area contributed by atoms with Crippen LogP contribution in [0.5, 0.6) is 0 Å². The van der Waals surface area contributed by atoms with Crippen LogP contribution in [0.1, 0.15) is 19.4 Å². The summed E-state index contributed by atoms with van der Waals surface area (Å²) in [4.78, 5) is 7.42. The van der Waals surface area contributed by atoms with Crippen molar-refractivity contribution < 1.29 is 4.39 Å². The van der Waals surface area contributed by atoms with Crippen molar-refractivity contribution in [2.24, 2.45) is 4.99 Å². The zero-order valence-corrected chi connectivity index (χ0v) is 17.7. The smallest absolute Gasteiger partial charge is 0.191 e. The Morgan fingerprint density at radius 3 is 2.75 bits per heavy atom. The van der Waals surface area contributed by atoms with E-state index in [2.05, 4.69) is 40.7 Å². The van der Waals surface area contributed by atoms with Crippen LogP contribution in [-0.4, -0.2) is 42.1 Å². The summed E-state index contributed by atoms with van der Waals surface area (Å²) < 4.78 is 13.5. The predicted octanol–water partition coefficient (Wildman–Crippen LogP) is 3.77. The van der Waals surface area contributed by atoms with E-state index in [-0.39, 0.29) is 34.5 Å². The number of rotatable bonds is 6. The molecule has 0 aliphatic rings. The summed E-state index contributed by atoms with van der Waals surface area (Å²) in [6.45, 7) is 5.96. The quantitative estimate of drug-likeness (QED) is 0.347. The van der Waals surface area contributed by atoms with Crippen molar-refractivity contribution in [3.8, 4) is 0 Å². The number of aromatic amines is 1. The lowest BCUT2D eigenvalue weighted by Crippen LogP contribution is -2.43. The molecule has 7 heteroatoms. The molecular weight excluding hydrogens is 438 g/mol.